The number of amides is 2. The molecule has 0 saturated carbocycles. The maximum atomic E-state index is 12.4. The maximum absolute atomic E-state index is 12.4. The second-order valence-corrected chi connectivity index (χ2v) is 6.42. The molecule has 0 fully saturated rings. The van der Waals surface area contributed by atoms with Crippen molar-refractivity contribution in [2.75, 3.05) is 17.2 Å². The molecule has 8 nitrogen and oxygen atoms in total. The number of aromatic nitrogens is 2. The molecule has 0 atom stereocenters. The highest BCUT2D eigenvalue weighted by Crippen LogP contribution is 2.17. The van der Waals surface area contributed by atoms with Crippen LogP contribution in [0.5, 0.6) is 0 Å². The van der Waals surface area contributed by atoms with Gasteiger partial charge in [-0.1, -0.05) is 13.3 Å². The van der Waals surface area contributed by atoms with Crippen LogP contribution in [0, 0.1) is 0 Å². The molecule has 0 aliphatic rings. The molecule has 0 aliphatic carbocycles. The van der Waals surface area contributed by atoms with Crippen LogP contribution >= 0.6 is 0 Å². The van der Waals surface area contributed by atoms with Gasteiger partial charge in [0.1, 0.15) is 5.82 Å². The highest BCUT2D eigenvalue weighted by molar-refractivity contribution is 5.94. The molecule has 0 spiro atoms. The number of nitrogen functional groups attached to an aromatic ring is 1. The van der Waals surface area contributed by atoms with E-state index in [0.29, 0.717) is 6.54 Å². The third-order valence-electron chi connectivity index (χ3n) is 3.26. The summed E-state index contributed by atoms with van der Waals surface area (Å²) in [5, 5.41) is 2.79. The van der Waals surface area contributed by atoms with Crippen molar-refractivity contribution in [3.8, 4) is 0 Å². The van der Waals surface area contributed by atoms with Gasteiger partial charge in [-0.05, 0) is 34.1 Å². The Kier molecular flexibility index (Phi) is 6.00. The number of carbonyl (C=O) groups excluding carboxylic acids is 1. The summed E-state index contributed by atoms with van der Waals surface area (Å²) < 4.78 is 1.30. The van der Waals surface area contributed by atoms with Gasteiger partial charge in [0.2, 0.25) is 0 Å². The first-order chi connectivity index (χ1) is 10.6. The van der Waals surface area contributed by atoms with Gasteiger partial charge in [-0.2, -0.15) is 0 Å². The molecule has 0 radical (unpaired) electrons. The number of H-pyrrole nitrogens is 1. The Balaban J connectivity index is 3.36. The van der Waals surface area contributed by atoms with E-state index in [2.05, 4.69) is 10.3 Å². The number of anilines is 2. The Morgan fingerprint density at radius 3 is 2.39 bits per heavy atom. The number of nitrogens with one attached hydrogen (secondary N) is 2. The van der Waals surface area contributed by atoms with Gasteiger partial charge < -0.3 is 11.1 Å². The summed E-state index contributed by atoms with van der Waals surface area (Å²) in [6.45, 7) is 9.90. The number of unbranched alkanes of at least 4 members (excludes halogenated alkanes) is 1. The van der Waals surface area contributed by atoms with E-state index >= 15 is 0 Å². The number of urea groups is 1. The lowest BCUT2D eigenvalue weighted by molar-refractivity contribution is 0.238. The van der Waals surface area contributed by atoms with Crippen LogP contribution in [0.4, 0.5) is 16.3 Å². The molecule has 1 aromatic heterocycles. The van der Waals surface area contributed by atoms with Crippen molar-refractivity contribution in [1.29, 1.82) is 0 Å². The normalized spacial score (nSPS) is 11.3. The van der Waals surface area contributed by atoms with Crippen molar-refractivity contribution in [3.05, 3.63) is 20.8 Å². The number of nitrogens with two attached hydrogens (primary N) is 1. The lowest BCUT2D eigenvalue weighted by atomic mass is 10.1. The van der Waals surface area contributed by atoms with Crippen LogP contribution in [-0.2, 0) is 6.54 Å². The predicted octanol–water partition coefficient (Wildman–Crippen LogP) is 1.25. The van der Waals surface area contributed by atoms with Crippen molar-refractivity contribution < 1.29 is 4.79 Å². The lowest BCUT2D eigenvalue weighted by Gasteiger charge is -2.28. The van der Waals surface area contributed by atoms with Gasteiger partial charge in [0.25, 0.3) is 5.56 Å². The Bertz CT molecular complexity index is 669. The van der Waals surface area contributed by atoms with Gasteiger partial charge >= 0.3 is 11.7 Å². The summed E-state index contributed by atoms with van der Waals surface area (Å²) in [6, 6.07) is -0.433. The number of hydrogen-bond acceptors (Lipinski definition) is 4. The van der Waals surface area contributed by atoms with Crippen molar-refractivity contribution in [2.24, 2.45) is 0 Å². The Labute approximate surface area is 135 Å². The van der Waals surface area contributed by atoms with Gasteiger partial charge in [0.05, 0.1) is 0 Å². The van der Waals surface area contributed by atoms with E-state index in [0.717, 1.165) is 12.8 Å². The van der Waals surface area contributed by atoms with E-state index in [4.69, 9.17) is 5.73 Å². The summed E-state index contributed by atoms with van der Waals surface area (Å²) in [5.74, 6) is 0.0121. The third kappa shape index (κ3) is 4.61. The first kappa shape index (κ1) is 18.8. The fourth-order valence-electron chi connectivity index (χ4n) is 2.17. The summed E-state index contributed by atoms with van der Waals surface area (Å²) in [5.41, 5.74) is 4.35. The molecule has 0 aliphatic heterocycles. The fraction of sp³-hybridized carbons (Fsp3) is 0.667. The summed E-state index contributed by atoms with van der Waals surface area (Å²) in [6.07, 6.45) is 1.62. The highest BCUT2D eigenvalue weighted by atomic mass is 16.2. The van der Waals surface area contributed by atoms with Crippen LogP contribution in [0.3, 0.4) is 0 Å². The number of hydrogen-bond donors (Lipinski definition) is 3. The molecule has 0 bridgehead atoms. The quantitative estimate of drug-likeness (QED) is 0.756. The number of nitrogens with zero attached hydrogens (tertiary/aromatic N) is 2. The molecule has 8 heteroatoms. The average Bonchev–Trinajstić information content (AvgIpc) is 2.40. The van der Waals surface area contributed by atoms with Crippen molar-refractivity contribution in [1.82, 2.24) is 14.9 Å². The first-order valence-electron chi connectivity index (χ1n) is 7.84. The third-order valence-corrected chi connectivity index (χ3v) is 3.26. The second-order valence-electron chi connectivity index (χ2n) is 6.42. The Hall–Kier alpha value is -2.25. The summed E-state index contributed by atoms with van der Waals surface area (Å²) in [4.78, 5) is 40.0. The summed E-state index contributed by atoms with van der Waals surface area (Å²) in [7, 11) is 0. The minimum atomic E-state index is -0.661. The molecule has 4 N–H and O–H groups in total. The van der Waals surface area contributed by atoms with E-state index < -0.39 is 22.8 Å². The maximum Gasteiger partial charge on any atom is 0.330 e. The van der Waals surface area contributed by atoms with E-state index in [1.54, 1.807) is 6.92 Å². The van der Waals surface area contributed by atoms with Gasteiger partial charge in [-0.3, -0.25) is 19.2 Å². The zero-order valence-electron chi connectivity index (χ0n) is 14.5. The Morgan fingerprint density at radius 2 is 1.91 bits per heavy atom. The zero-order chi connectivity index (χ0) is 17.8. The second kappa shape index (κ2) is 7.34. The predicted molar refractivity (Wildman–Crippen MR) is 91.9 cm³/mol. The fourth-order valence-corrected chi connectivity index (χ4v) is 2.17. The van der Waals surface area contributed by atoms with Gasteiger partial charge in [-0.25, -0.2) is 9.59 Å². The van der Waals surface area contributed by atoms with Gasteiger partial charge in [0.15, 0.2) is 5.69 Å². The minimum absolute atomic E-state index is 0.00459. The SMILES string of the molecule is CCCCn1c(N)c(N(CC)C(=O)NC(C)(C)C)c(=O)[nH]c1=O. The van der Waals surface area contributed by atoms with E-state index in [1.807, 2.05) is 27.7 Å². The molecule has 1 heterocycles. The standard InChI is InChI=1S/C15H27N5O3/c1-6-8-9-20-11(16)10(12(21)17-13(20)22)19(7-2)14(23)18-15(3,4)5/h6-9,16H2,1-5H3,(H,18,23)(H,17,21,22). The van der Waals surface area contributed by atoms with E-state index in [-0.39, 0.29) is 18.1 Å². The zero-order valence-corrected chi connectivity index (χ0v) is 14.5. The van der Waals surface area contributed by atoms with Crippen LogP contribution in [0.25, 0.3) is 0 Å². The van der Waals surface area contributed by atoms with Crippen LogP contribution in [-0.4, -0.2) is 27.7 Å². The van der Waals surface area contributed by atoms with Crippen LogP contribution < -0.4 is 27.2 Å². The van der Waals surface area contributed by atoms with Crippen molar-refractivity contribution in [3.63, 3.8) is 0 Å². The smallest absolute Gasteiger partial charge is 0.330 e. The van der Waals surface area contributed by atoms with Gasteiger partial charge in [-0.15, -0.1) is 0 Å². The molecule has 130 valence electrons. The first-order valence-corrected chi connectivity index (χ1v) is 7.84. The minimum Gasteiger partial charge on any atom is -0.383 e. The molecule has 1 aromatic rings. The van der Waals surface area contributed by atoms with Crippen LogP contribution in [0.2, 0.25) is 0 Å². The van der Waals surface area contributed by atoms with E-state index in [1.165, 1.54) is 9.47 Å². The topological polar surface area (TPSA) is 113 Å². The number of carbonyl (C=O) groups is 1. The molecule has 23 heavy (non-hydrogen) atoms. The molecule has 0 saturated heterocycles. The molecular formula is C15H27N5O3. The molecule has 0 aromatic carbocycles. The Morgan fingerprint density at radius 1 is 1.30 bits per heavy atom. The molecule has 1 rings (SSSR count). The number of rotatable bonds is 5. The van der Waals surface area contributed by atoms with Crippen LogP contribution in [0.15, 0.2) is 9.59 Å². The van der Waals surface area contributed by atoms with E-state index in [9.17, 15) is 14.4 Å². The lowest BCUT2D eigenvalue weighted by Crippen LogP contribution is -2.51. The largest absolute Gasteiger partial charge is 0.383 e. The molecule has 0 unspecified atom stereocenters. The molecular weight excluding hydrogens is 298 g/mol. The number of aromatic amines is 1. The monoisotopic (exact) mass is 325 g/mol. The molecule has 2 amide bonds. The van der Waals surface area contributed by atoms with Gasteiger partial charge in [0, 0.05) is 18.6 Å². The van der Waals surface area contributed by atoms with Crippen molar-refractivity contribution >= 4 is 17.5 Å². The van der Waals surface area contributed by atoms with Crippen molar-refractivity contribution in [2.45, 2.75) is 59.5 Å². The van der Waals surface area contributed by atoms with Crippen LogP contribution in [0.1, 0.15) is 47.5 Å². The summed E-state index contributed by atoms with van der Waals surface area (Å²) >= 11 is 0. The average molecular weight is 325 g/mol. The highest BCUT2D eigenvalue weighted by Gasteiger charge is 2.25.